The molecule has 0 bridgehead atoms. The van der Waals surface area contributed by atoms with Crippen LogP contribution >= 0.6 is 11.8 Å². The number of rotatable bonds is 8. The highest BCUT2D eigenvalue weighted by molar-refractivity contribution is 7.99. The molecule has 13 heavy (non-hydrogen) atoms. The van der Waals surface area contributed by atoms with Crippen molar-refractivity contribution in [2.75, 3.05) is 31.2 Å². The van der Waals surface area contributed by atoms with Crippen LogP contribution in [-0.4, -0.2) is 47.3 Å². The maximum absolute atomic E-state index is 8.74. The summed E-state index contributed by atoms with van der Waals surface area (Å²) in [6.07, 6.45) is 0.898. The van der Waals surface area contributed by atoms with E-state index in [0.717, 1.165) is 19.5 Å². The van der Waals surface area contributed by atoms with Gasteiger partial charge in [0.1, 0.15) is 0 Å². The van der Waals surface area contributed by atoms with Crippen LogP contribution in [0.15, 0.2) is 0 Å². The molecular weight excluding hydrogens is 182 g/mol. The van der Waals surface area contributed by atoms with Gasteiger partial charge < -0.3 is 10.0 Å². The molecule has 0 aromatic carbocycles. The molecule has 0 saturated heterocycles. The van der Waals surface area contributed by atoms with Gasteiger partial charge in [-0.1, -0.05) is 6.92 Å². The molecule has 0 amide bonds. The topological polar surface area (TPSA) is 23.5 Å². The molecule has 0 aliphatic rings. The number of nitrogens with zero attached hydrogens (tertiary/aromatic N) is 1. The van der Waals surface area contributed by atoms with E-state index in [-0.39, 0.29) is 0 Å². The van der Waals surface area contributed by atoms with Crippen molar-refractivity contribution in [2.24, 2.45) is 0 Å². The number of thioether (sulfide) groups is 1. The van der Waals surface area contributed by atoms with E-state index < -0.39 is 0 Å². The minimum atomic E-state index is 0.310. The molecule has 80 valence electrons. The number of aliphatic hydroxyl groups is 1. The summed E-state index contributed by atoms with van der Waals surface area (Å²) in [4.78, 5) is 2.43. The van der Waals surface area contributed by atoms with Crippen LogP contribution in [0.25, 0.3) is 0 Å². The fourth-order valence-electron chi connectivity index (χ4n) is 1.23. The van der Waals surface area contributed by atoms with Crippen LogP contribution in [0.5, 0.6) is 0 Å². The quantitative estimate of drug-likeness (QED) is 0.612. The maximum Gasteiger partial charge on any atom is 0.0443 e. The predicted octanol–water partition coefficient (Wildman–Crippen LogP) is 1.83. The van der Waals surface area contributed by atoms with E-state index in [0.29, 0.717) is 12.6 Å². The van der Waals surface area contributed by atoms with Crippen molar-refractivity contribution in [1.29, 1.82) is 0 Å². The van der Waals surface area contributed by atoms with E-state index in [1.54, 1.807) is 0 Å². The van der Waals surface area contributed by atoms with Crippen molar-refractivity contribution >= 4 is 11.8 Å². The van der Waals surface area contributed by atoms with Gasteiger partial charge in [-0.25, -0.2) is 0 Å². The zero-order valence-electron chi connectivity index (χ0n) is 9.12. The Bertz CT molecular complexity index is 109. The molecule has 0 aromatic heterocycles. The molecule has 0 unspecified atom stereocenters. The van der Waals surface area contributed by atoms with Gasteiger partial charge in [0.15, 0.2) is 0 Å². The molecule has 0 rings (SSSR count). The lowest BCUT2D eigenvalue weighted by molar-refractivity contribution is 0.201. The lowest BCUT2D eigenvalue weighted by Gasteiger charge is -2.25. The lowest BCUT2D eigenvalue weighted by Crippen LogP contribution is -2.34. The summed E-state index contributed by atoms with van der Waals surface area (Å²) in [5.74, 6) is 2.41. The monoisotopic (exact) mass is 205 g/mol. The standard InChI is InChI=1S/C10H23NOS/c1-4-13-9-7-11(10(2)3)6-5-8-12/h10,12H,4-9H2,1-3H3. The molecule has 1 N–H and O–H groups in total. The Morgan fingerprint density at radius 1 is 1.31 bits per heavy atom. The van der Waals surface area contributed by atoms with E-state index in [4.69, 9.17) is 5.11 Å². The third-order valence-corrected chi connectivity index (χ3v) is 2.94. The third kappa shape index (κ3) is 7.35. The molecule has 0 aliphatic carbocycles. The van der Waals surface area contributed by atoms with Gasteiger partial charge in [0, 0.05) is 31.5 Å². The Hall–Kier alpha value is 0.270. The molecule has 0 atom stereocenters. The van der Waals surface area contributed by atoms with E-state index in [2.05, 4.69) is 25.7 Å². The van der Waals surface area contributed by atoms with Crippen LogP contribution in [0, 0.1) is 0 Å². The van der Waals surface area contributed by atoms with Gasteiger partial charge in [-0.05, 0) is 26.0 Å². The summed E-state index contributed by atoms with van der Waals surface area (Å²) in [7, 11) is 0. The van der Waals surface area contributed by atoms with Crippen LogP contribution in [-0.2, 0) is 0 Å². The fourth-order valence-corrected chi connectivity index (χ4v) is 1.88. The van der Waals surface area contributed by atoms with Crippen LogP contribution in [0.3, 0.4) is 0 Å². The SMILES string of the molecule is CCSCCN(CCCO)C(C)C. The van der Waals surface area contributed by atoms with E-state index in [1.165, 1.54) is 11.5 Å². The summed E-state index contributed by atoms with van der Waals surface area (Å²) in [5, 5.41) is 8.74. The van der Waals surface area contributed by atoms with Crippen molar-refractivity contribution in [3.8, 4) is 0 Å². The molecule has 0 radical (unpaired) electrons. The Morgan fingerprint density at radius 2 is 2.00 bits per heavy atom. The first-order valence-corrected chi connectivity index (χ1v) is 6.30. The van der Waals surface area contributed by atoms with Crippen molar-refractivity contribution in [3.63, 3.8) is 0 Å². The predicted molar refractivity (Wildman–Crippen MR) is 61.4 cm³/mol. The first-order valence-electron chi connectivity index (χ1n) is 5.15. The Labute approximate surface area is 86.7 Å². The highest BCUT2D eigenvalue weighted by Gasteiger charge is 2.07. The van der Waals surface area contributed by atoms with Gasteiger partial charge in [0.25, 0.3) is 0 Å². The summed E-state index contributed by atoms with van der Waals surface area (Å²) in [6.45, 7) is 9.11. The summed E-state index contributed by atoms with van der Waals surface area (Å²) >= 11 is 1.98. The van der Waals surface area contributed by atoms with Crippen LogP contribution in [0.2, 0.25) is 0 Å². The first kappa shape index (κ1) is 13.3. The van der Waals surface area contributed by atoms with Crippen molar-refractivity contribution in [3.05, 3.63) is 0 Å². The van der Waals surface area contributed by atoms with Gasteiger partial charge in [-0.3, -0.25) is 0 Å². The summed E-state index contributed by atoms with van der Waals surface area (Å²) < 4.78 is 0. The van der Waals surface area contributed by atoms with E-state index in [9.17, 15) is 0 Å². The Morgan fingerprint density at radius 3 is 2.46 bits per heavy atom. The normalized spacial score (nSPS) is 11.5. The number of hydrogen-bond acceptors (Lipinski definition) is 3. The second kappa shape index (κ2) is 8.85. The average Bonchev–Trinajstić information content (AvgIpc) is 2.10. The van der Waals surface area contributed by atoms with Gasteiger partial charge in [-0.2, -0.15) is 11.8 Å². The molecule has 0 fully saturated rings. The van der Waals surface area contributed by atoms with Gasteiger partial charge >= 0.3 is 0 Å². The highest BCUT2D eigenvalue weighted by atomic mass is 32.2. The second-order valence-electron chi connectivity index (χ2n) is 3.40. The first-order chi connectivity index (χ1) is 6.22. The van der Waals surface area contributed by atoms with Gasteiger partial charge in [0.2, 0.25) is 0 Å². The van der Waals surface area contributed by atoms with Crippen LogP contribution in [0.1, 0.15) is 27.2 Å². The van der Waals surface area contributed by atoms with Crippen molar-refractivity contribution in [2.45, 2.75) is 33.2 Å². The average molecular weight is 205 g/mol. The largest absolute Gasteiger partial charge is 0.396 e. The molecule has 0 heterocycles. The van der Waals surface area contributed by atoms with Crippen molar-refractivity contribution < 1.29 is 5.11 Å². The zero-order chi connectivity index (χ0) is 10.1. The summed E-state index contributed by atoms with van der Waals surface area (Å²) in [6, 6.07) is 0.601. The molecule has 0 spiro atoms. The van der Waals surface area contributed by atoms with Gasteiger partial charge in [-0.15, -0.1) is 0 Å². The lowest BCUT2D eigenvalue weighted by atomic mass is 10.3. The van der Waals surface area contributed by atoms with E-state index in [1.807, 2.05) is 11.8 Å². The molecular formula is C10H23NOS. The minimum absolute atomic E-state index is 0.310. The number of hydrogen-bond donors (Lipinski definition) is 1. The molecule has 0 saturated carbocycles. The molecule has 0 aromatic rings. The smallest absolute Gasteiger partial charge is 0.0443 e. The van der Waals surface area contributed by atoms with Crippen LogP contribution < -0.4 is 0 Å². The molecule has 0 aliphatic heterocycles. The highest BCUT2D eigenvalue weighted by Crippen LogP contribution is 2.04. The zero-order valence-corrected chi connectivity index (χ0v) is 9.94. The van der Waals surface area contributed by atoms with Crippen LogP contribution in [0.4, 0.5) is 0 Å². The Kier molecular flexibility index (Phi) is 9.03. The van der Waals surface area contributed by atoms with E-state index >= 15 is 0 Å². The van der Waals surface area contributed by atoms with Crippen molar-refractivity contribution in [1.82, 2.24) is 4.90 Å². The molecule has 2 nitrogen and oxygen atoms in total. The maximum atomic E-state index is 8.74. The Balaban J connectivity index is 3.54. The second-order valence-corrected chi connectivity index (χ2v) is 4.80. The number of aliphatic hydroxyl groups excluding tert-OH is 1. The fraction of sp³-hybridized carbons (Fsp3) is 1.00. The third-order valence-electron chi connectivity index (χ3n) is 2.06. The summed E-state index contributed by atoms with van der Waals surface area (Å²) in [5.41, 5.74) is 0. The minimum Gasteiger partial charge on any atom is -0.396 e. The molecule has 3 heteroatoms. The van der Waals surface area contributed by atoms with Gasteiger partial charge in [0.05, 0.1) is 0 Å².